The third-order valence-electron chi connectivity index (χ3n) is 2.47. The van der Waals surface area contributed by atoms with E-state index in [0.717, 1.165) is 24.2 Å². The largest absolute Gasteiger partial charge is 0.305 e. The number of aromatic amines is 2. The molecular formula is C11H15N5O. The summed E-state index contributed by atoms with van der Waals surface area (Å²) in [5.41, 5.74) is 2.29. The van der Waals surface area contributed by atoms with Crippen molar-refractivity contribution in [2.45, 2.75) is 26.7 Å². The SMILES string of the molecule is CCCc1cc(NC(=O)c2cn[nH]c2C)n[nH]1. The van der Waals surface area contributed by atoms with E-state index in [4.69, 9.17) is 0 Å². The maximum atomic E-state index is 11.8. The number of H-pyrrole nitrogens is 2. The van der Waals surface area contributed by atoms with Gasteiger partial charge in [0.25, 0.3) is 5.91 Å². The predicted octanol–water partition coefficient (Wildman–Crippen LogP) is 1.65. The maximum absolute atomic E-state index is 11.8. The highest BCUT2D eigenvalue weighted by Crippen LogP contribution is 2.10. The number of aryl methyl sites for hydroxylation is 2. The van der Waals surface area contributed by atoms with Crippen LogP contribution >= 0.6 is 0 Å². The third-order valence-corrected chi connectivity index (χ3v) is 2.47. The van der Waals surface area contributed by atoms with Crippen molar-refractivity contribution in [3.63, 3.8) is 0 Å². The standard InChI is InChI=1S/C11H15N5O/c1-3-4-8-5-10(16-15-8)13-11(17)9-6-12-14-7(9)2/h5-6H,3-4H2,1-2H3,(H,12,14)(H2,13,15,16,17). The molecule has 0 saturated heterocycles. The van der Waals surface area contributed by atoms with Gasteiger partial charge in [0.1, 0.15) is 0 Å². The summed E-state index contributed by atoms with van der Waals surface area (Å²) in [5, 5.41) is 16.2. The van der Waals surface area contributed by atoms with E-state index < -0.39 is 0 Å². The van der Waals surface area contributed by atoms with Crippen LogP contribution in [0.3, 0.4) is 0 Å². The Bertz CT molecular complexity index is 513. The van der Waals surface area contributed by atoms with Crippen LogP contribution in [-0.4, -0.2) is 26.3 Å². The number of carbonyl (C=O) groups is 1. The molecule has 2 aromatic heterocycles. The minimum Gasteiger partial charge on any atom is -0.305 e. The number of nitrogens with one attached hydrogen (secondary N) is 3. The molecule has 6 nitrogen and oxygen atoms in total. The molecule has 0 atom stereocenters. The number of carbonyl (C=O) groups excluding carboxylic acids is 1. The van der Waals surface area contributed by atoms with Crippen LogP contribution in [0.15, 0.2) is 12.3 Å². The van der Waals surface area contributed by atoms with E-state index >= 15 is 0 Å². The average molecular weight is 233 g/mol. The van der Waals surface area contributed by atoms with E-state index in [1.54, 1.807) is 6.92 Å². The van der Waals surface area contributed by atoms with Crippen molar-refractivity contribution in [3.8, 4) is 0 Å². The van der Waals surface area contributed by atoms with E-state index in [9.17, 15) is 4.79 Å². The zero-order valence-corrected chi connectivity index (χ0v) is 9.87. The molecule has 2 heterocycles. The van der Waals surface area contributed by atoms with Crippen molar-refractivity contribution in [3.05, 3.63) is 29.2 Å². The average Bonchev–Trinajstić information content (AvgIpc) is 2.88. The summed E-state index contributed by atoms with van der Waals surface area (Å²) in [5.74, 6) is 0.338. The van der Waals surface area contributed by atoms with Gasteiger partial charge in [0, 0.05) is 17.5 Å². The van der Waals surface area contributed by atoms with Crippen LogP contribution in [0.25, 0.3) is 0 Å². The fourth-order valence-corrected chi connectivity index (χ4v) is 1.59. The van der Waals surface area contributed by atoms with Gasteiger partial charge in [-0.1, -0.05) is 13.3 Å². The first-order valence-electron chi connectivity index (χ1n) is 5.56. The van der Waals surface area contributed by atoms with Gasteiger partial charge in [-0.05, 0) is 13.3 Å². The Morgan fingerprint density at radius 2 is 2.29 bits per heavy atom. The van der Waals surface area contributed by atoms with Gasteiger partial charge in [-0.25, -0.2) is 0 Å². The molecule has 0 radical (unpaired) electrons. The number of rotatable bonds is 4. The molecule has 0 bridgehead atoms. The van der Waals surface area contributed by atoms with Gasteiger partial charge in [0.05, 0.1) is 11.8 Å². The zero-order chi connectivity index (χ0) is 12.3. The number of amides is 1. The third kappa shape index (κ3) is 2.52. The number of hydrogen-bond donors (Lipinski definition) is 3. The lowest BCUT2D eigenvalue weighted by molar-refractivity contribution is 0.102. The summed E-state index contributed by atoms with van der Waals surface area (Å²) < 4.78 is 0. The molecule has 3 N–H and O–H groups in total. The van der Waals surface area contributed by atoms with Gasteiger partial charge in [0.2, 0.25) is 0 Å². The Morgan fingerprint density at radius 3 is 2.94 bits per heavy atom. The monoisotopic (exact) mass is 233 g/mol. The van der Waals surface area contributed by atoms with Crippen LogP contribution in [0.1, 0.15) is 35.1 Å². The van der Waals surface area contributed by atoms with Gasteiger partial charge in [-0.2, -0.15) is 10.2 Å². The van der Waals surface area contributed by atoms with Gasteiger partial charge in [-0.15, -0.1) is 0 Å². The number of anilines is 1. The Kier molecular flexibility index (Phi) is 3.22. The predicted molar refractivity (Wildman–Crippen MR) is 63.9 cm³/mol. The molecular weight excluding hydrogens is 218 g/mol. The molecule has 0 saturated carbocycles. The second-order valence-electron chi connectivity index (χ2n) is 3.89. The highest BCUT2D eigenvalue weighted by molar-refractivity contribution is 6.04. The first-order chi connectivity index (χ1) is 8.20. The van der Waals surface area contributed by atoms with Crippen LogP contribution in [0.4, 0.5) is 5.82 Å². The minimum atomic E-state index is -0.203. The van der Waals surface area contributed by atoms with Crippen molar-refractivity contribution in [2.24, 2.45) is 0 Å². The summed E-state index contributed by atoms with van der Waals surface area (Å²) in [4.78, 5) is 11.8. The van der Waals surface area contributed by atoms with E-state index in [1.807, 2.05) is 6.07 Å². The molecule has 0 aromatic carbocycles. The normalized spacial score (nSPS) is 10.5. The fourth-order valence-electron chi connectivity index (χ4n) is 1.59. The molecule has 1 amide bonds. The van der Waals surface area contributed by atoms with Crippen LogP contribution in [0.2, 0.25) is 0 Å². The Balaban J connectivity index is 2.05. The van der Waals surface area contributed by atoms with Gasteiger partial charge < -0.3 is 5.32 Å². The summed E-state index contributed by atoms with van der Waals surface area (Å²) in [6, 6.07) is 1.84. The topological polar surface area (TPSA) is 86.5 Å². The molecule has 0 unspecified atom stereocenters. The van der Waals surface area contributed by atoms with E-state index in [1.165, 1.54) is 6.20 Å². The molecule has 0 fully saturated rings. The lowest BCUT2D eigenvalue weighted by Crippen LogP contribution is -2.12. The first kappa shape index (κ1) is 11.4. The Hall–Kier alpha value is -2.11. The molecule has 17 heavy (non-hydrogen) atoms. The number of aromatic nitrogens is 4. The van der Waals surface area contributed by atoms with Gasteiger partial charge in [-0.3, -0.25) is 15.0 Å². The van der Waals surface area contributed by atoms with Crippen LogP contribution in [-0.2, 0) is 6.42 Å². The summed E-state index contributed by atoms with van der Waals surface area (Å²) >= 11 is 0. The van der Waals surface area contributed by atoms with Crippen LogP contribution in [0, 0.1) is 6.92 Å². The lowest BCUT2D eigenvalue weighted by atomic mass is 10.2. The second kappa shape index (κ2) is 4.82. The number of hydrogen-bond acceptors (Lipinski definition) is 3. The quantitative estimate of drug-likeness (QED) is 0.750. The van der Waals surface area contributed by atoms with Crippen LogP contribution < -0.4 is 5.32 Å². The summed E-state index contributed by atoms with van der Waals surface area (Å²) in [6.07, 6.45) is 3.47. The van der Waals surface area contributed by atoms with E-state index in [-0.39, 0.29) is 5.91 Å². The molecule has 2 aromatic rings. The summed E-state index contributed by atoms with van der Waals surface area (Å²) in [7, 11) is 0. The van der Waals surface area contributed by atoms with Gasteiger partial charge >= 0.3 is 0 Å². The minimum absolute atomic E-state index is 0.203. The molecule has 2 rings (SSSR count). The maximum Gasteiger partial charge on any atom is 0.260 e. The van der Waals surface area contributed by atoms with Crippen LogP contribution in [0.5, 0.6) is 0 Å². The Morgan fingerprint density at radius 1 is 1.47 bits per heavy atom. The molecule has 0 aliphatic heterocycles. The highest BCUT2D eigenvalue weighted by atomic mass is 16.1. The van der Waals surface area contributed by atoms with Crippen molar-refractivity contribution in [2.75, 3.05) is 5.32 Å². The fraction of sp³-hybridized carbons (Fsp3) is 0.364. The van der Waals surface area contributed by atoms with E-state index in [2.05, 4.69) is 32.6 Å². The second-order valence-corrected chi connectivity index (χ2v) is 3.89. The van der Waals surface area contributed by atoms with Crippen molar-refractivity contribution in [1.82, 2.24) is 20.4 Å². The van der Waals surface area contributed by atoms with Crippen molar-refractivity contribution < 1.29 is 4.79 Å². The highest BCUT2D eigenvalue weighted by Gasteiger charge is 2.12. The first-order valence-corrected chi connectivity index (χ1v) is 5.56. The van der Waals surface area contributed by atoms with Crippen molar-refractivity contribution in [1.29, 1.82) is 0 Å². The summed E-state index contributed by atoms with van der Waals surface area (Å²) in [6.45, 7) is 3.89. The molecule has 0 aliphatic rings. The van der Waals surface area contributed by atoms with E-state index in [0.29, 0.717) is 11.4 Å². The Labute approximate surface area is 98.8 Å². The molecule has 90 valence electrons. The van der Waals surface area contributed by atoms with Crippen molar-refractivity contribution >= 4 is 11.7 Å². The molecule has 0 spiro atoms. The zero-order valence-electron chi connectivity index (χ0n) is 9.87. The smallest absolute Gasteiger partial charge is 0.260 e. The lowest BCUT2D eigenvalue weighted by Gasteiger charge is -1.99. The number of nitrogens with zero attached hydrogens (tertiary/aromatic N) is 2. The molecule has 0 aliphatic carbocycles. The van der Waals surface area contributed by atoms with Gasteiger partial charge in [0.15, 0.2) is 5.82 Å². The molecule has 6 heteroatoms.